The molecule has 6 rings (SSSR count). The minimum atomic E-state index is -4.45. The van der Waals surface area contributed by atoms with Crippen LogP contribution >= 0.6 is 0 Å². The quantitative estimate of drug-likeness (QED) is 0.240. The van der Waals surface area contributed by atoms with Crippen LogP contribution in [0.2, 0.25) is 0 Å². The summed E-state index contributed by atoms with van der Waals surface area (Å²) >= 11 is 0. The Morgan fingerprint density at radius 1 is 0.837 bits per heavy atom. The zero-order valence-electron chi connectivity index (χ0n) is 23.5. The Morgan fingerprint density at radius 2 is 1.56 bits per heavy atom. The summed E-state index contributed by atoms with van der Waals surface area (Å²) in [7, 11) is -2.29. The van der Waals surface area contributed by atoms with E-state index in [0.29, 0.717) is 11.5 Å². The Balaban J connectivity index is 1.12. The Kier molecular flexibility index (Phi) is 8.06. The van der Waals surface area contributed by atoms with Crippen molar-refractivity contribution in [2.75, 3.05) is 49.8 Å². The van der Waals surface area contributed by atoms with Crippen LogP contribution in [0.1, 0.15) is 0 Å². The van der Waals surface area contributed by atoms with E-state index in [-0.39, 0.29) is 5.69 Å². The number of hydrogen-bond acceptors (Lipinski definition) is 7. The number of fused-ring (bicyclic) bond motifs is 1. The number of nitrogens with zero attached hydrogens (tertiary/aromatic N) is 5. The fourth-order valence-corrected chi connectivity index (χ4v) is 6.37. The van der Waals surface area contributed by atoms with Gasteiger partial charge in [-0.2, -0.15) is 0 Å². The molecule has 1 saturated heterocycles. The molecule has 9 nitrogen and oxygen atoms in total. The maximum absolute atomic E-state index is 14.0. The number of aromatic nitrogens is 3. The van der Waals surface area contributed by atoms with Crippen LogP contribution in [0.4, 0.5) is 26.0 Å². The summed E-state index contributed by atoms with van der Waals surface area (Å²) in [6.07, 6.45) is 3.61. The van der Waals surface area contributed by atoms with E-state index >= 15 is 0 Å². The summed E-state index contributed by atoms with van der Waals surface area (Å²) in [5, 5.41) is 4.32. The predicted molar refractivity (Wildman–Crippen MR) is 164 cm³/mol. The highest BCUT2D eigenvalue weighted by Crippen LogP contribution is 2.27. The number of anilines is 3. The Bertz CT molecular complexity index is 1830. The summed E-state index contributed by atoms with van der Waals surface area (Å²) in [6, 6.07) is 19.4. The van der Waals surface area contributed by atoms with E-state index in [4.69, 9.17) is 0 Å². The first kappa shape index (κ1) is 28.7. The number of halogens is 2. The average molecular weight is 604 g/mol. The molecule has 0 spiro atoms. The largest absolute Gasteiger partial charge is 0.346 e. The van der Waals surface area contributed by atoms with Crippen molar-refractivity contribution in [3.05, 3.63) is 97.0 Å². The van der Waals surface area contributed by atoms with Crippen LogP contribution in [0, 0.1) is 11.6 Å². The van der Waals surface area contributed by atoms with Gasteiger partial charge >= 0.3 is 0 Å². The van der Waals surface area contributed by atoms with Gasteiger partial charge in [-0.1, -0.05) is 12.1 Å². The average Bonchev–Trinajstić information content (AvgIpc) is 3.40. The molecule has 3 heterocycles. The molecule has 0 amide bonds. The SMILES string of the molecule is CN1CCN(CCn2ccc3cc(-c4cc(Nc5ccc(NS(=O)(=O)c6c(F)cccc6F)cc5)ncn4)ccc32)CC1. The molecule has 0 bridgehead atoms. The standard InChI is InChI=1S/C31H31F2N7O2S/c1-38-13-15-39(16-14-38)17-18-40-12-11-23-19-22(5-10-29(23)40)28-20-30(35-21-34-28)36-24-6-8-25(9-7-24)37-43(41,42)31-26(32)3-2-4-27(31)33/h2-12,19-21,37H,13-18H2,1H3,(H,34,35,36). The van der Waals surface area contributed by atoms with Crippen LogP contribution in [0.3, 0.4) is 0 Å². The third-order valence-electron chi connectivity index (χ3n) is 7.58. The van der Waals surface area contributed by atoms with Crippen LogP contribution in [-0.4, -0.2) is 72.5 Å². The Labute approximate surface area is 248 Å². The van der Waals surface area contributed by atoms with Gasteiger partial charge in [0.1, 0.15) is 23.8 Å². The van der Waals surface area contributed by atoms with Gasteiger partial charge in [0, 0.05) is 79.4 Å². The van der Waals surface area contributed by atoms with Gasteiger partial charge in [0.15, 0.2) is 4.90 Å². The van der Waals surface area contributed by atoms with Crippen molar-refractivity contribution in [3.8, 4) is 11.3 Å². The summed E-state index contributed by atoms with van der Waals surface area (Å²) in [6.45, 7) is 6.38. The van der Waals surface area contributed by atoms with Crippen LogP contribution in [0.25, 0.3) is 22.2 Å². The molecular formula is C31H31F2N7O2S. The van der Waals surface area contributed by atoms with Crippen LogP contribution in [-0.2, 0) is 16.6 Å². The smallest absolute Gasteiger partial charge is 0.267 e. The van der Waals surface area contributed by atoms with Gasteiger partial charge < -0.3 is 14.8 Å². The number of piperazine rings is 1. The molecule has 2 N–H and O–H groups in total. The first-order chi connectivity index (χ1) is 20.7. The van der Waals surface area contributed by atoms with Gasteiger partial charge in [-0.3, -0.25) is 9.62 Å². The van der Waals surface area contributed by atoms with Crippen molar-refractivity contribution < 1.29 is 17.2 Å². The lowest BCUT2D eigenvalue weighted by molar-refractivity contribution is 0.150. The molecule has 222 valence electrons. The fourth-order valence-electron chi connectivity index (χ4n) is 5.17. The summed E-state index contributed by atoms with van der Waals surface area (Å²) in [5.74, 6) is -1.77. The van der Waals surface area contributed by atoms with Gasteiger partial charge in [0.25, 0.3) is 10.0 Å². The Hall–Kier alpha value is -4.39. The maximum Gasteiger partial charge on any atom is 0.267 e. The number of benzene rings is 3. The minimum Gasteiger partial charge on any atom is -0.346 e. The van der Waals surface area contributed by atoms with E-state index in [1.54, 1.807) is 12.1 Å². The molecule has 43 heavy (non-hydrogen) atoms. The molecule has 12 heteroatoms. The number of nitrogens with one attached hydrogen (secondary N) is 2. The summed E-state index contributed by atoms with van der Waals surface area (Å²) < 4.78 is 57.6. The van der Waals surface area contributed by atoms with Gasteiger partial charge in [-0.15, -0.1) is 0 Å². The molecule has 5 aromatic rings. The van der Waals surface area contributed by atoms with E-state index in [9.17, 15) is 17.2 Å². The lowest BCUT2D eigenvalue weighted by Crippen LogP contribution is -2.45. The second-order valence-corrected chi connectivity index (χ2v) is 12.2. The lowest BCUT2D eigenvalue weighted by atomic mass is 10.1. The van der Waals surface area contributed by atoms with Crippen molar-refractivity contribution in [3.63, 3.8) is 0 Å². The number of likely N-dealkylation sites (N-methyl/N-ethyl adjacent to an activating group) is 1. The monoisotopic (exact) mass is 603 g/mol. The molecule has 1 aliphatic rings. The van der Waals surface area contributed by atoms with Gasteiger partial charge in [0.2, 0.25) is 0 Å². The number of rotatable bonds is 9. The second kappa shape index (κ2) is 12.1. The van der Waals surface area contributed by atoms with Crippen LogP contribution < -0.4 is 10.0 Å². The van der Waals surface area contributed by atoms with Crippen molar-refractivity contribution in [1.29, 1.82) is 0 Å². The molecule has 1 fully saturated rings. The van der Waals surface area contributed by atoms with Crippen LogP contribution in [0.5, 0.6) is 0 Å². The zero-order chi connectivity index (χ0) is 30.0. The zero-order valence-corrected chi connectivity index (χ0v) is 24.4. The summed E-state index contributed by atoms with van der Waals surface area (Å²) in [5.41, 5.74) is 3.68. The molecule has 0 saturated carbocycles. The fraction of sp³-hybridized carbons (Fsp3) is 0.226. The first-order valence-electron chi connectivity index (χ1n) is 13.9. The lowest BCUT2D eigenvalue weighted by Gasteiger charge is -2.32. The van der Waals surface area contributed by atoms with Crippen molar-refractivity contribution in [2.45, 2.75) is 11.4 Å². The van der Waals surface area contributed by atoms with Crippen molar-refractivity contribution >= 4 is 38.1 Å². The summed E-state index contributed by atoms with van der Waals surface area (Å²) in [4.78, 5) is 12.6. The van der Waals surface area contributed by atoms with Gasteiger partial charge in [-0.25, -0.2) is 27.2 Å². The molecule has 0 aliphatic carbocycles. The molecule has 0 unspecified atom stereocenters. The third-order valence-corrected chi connectivity index (χ3v) is 9.02. The highest BCUT2D eigenvalue weighted by molar-refractivity contribution is 7.92. The highest BCUT2D eigenvalue weighted by atomic mass is 32.2. The maximum atomic E-state index is 14.0. The molecule has 0 atom stereocenters. The number of hydrogen-bond donors (Lipinski definition) is 2. The Morgan fingerprint density at radius 3 is 2.30 bits per heavy atom. The molecule has 0 radical (unpaired) electrons. The molecular weight excluding hydrogens is 572 g/mol. The van der Waals surface area contributed by atoms with Crippen molar-refractivity contribution in [2.24, 2.45) is 0 Å². The number of sulfonamides is 1. The third kappa shape index (κ3) is 6.51. The van der Waals surface area contributed by atoms with E-state index in [2.05, 4.69) is 71.9 Å². The molecule has 2 aromatic heterocycles. The van der Waals surface area contributed by atoms with E-state index in [1.165, 1.54) is 24.0 Å². The van der Waals surface area contributed by atoms with Gasteiger partial charge in [-0.05, 0) is 61.6 Å². The topological polar surface area (TPSA) is 95.4 Å². The van der Waals surface area contributed by atoms with Crippen molar-refractivity contribution in [1.82, 2.24) is 24.3 Å². The first-order valence-corrected chi connectivity index (χ1v) is 15.4. The molecule has 3 aromatic carbocycles. The highest BCUT2D eigenvalue weighted by Gasteiger charge is 2.24. The van der Waals surface area contributed by atoms with Gasteiger partial charge in [0.05, 0.1) is 5.69 Å². The van der Waals surface area contributed by atoms with E-state index < -0.39 is 26.6 Å². The minimum absolute atomic E-state index is 0.153. The normalized spacial score (nSPS) is 14.7. The van der Waals surface area contributed by atoms with Crippen LogP contribution in [0.15, 0.2) is 90.2 Å². The predicted octanol–water partition coefficient (Wildman–Crippen LogP) is 5.17. The second-order valence-electron chi connectivity index (χ2n) is 10.6. The van der Waals surface area contributed by atoms with E-state index in [1.807, 2.05) is 6.07 Å². The van der Waals surface area contributed by atoms with E-state index in [0.717, 1.165) is 74.1 Å². The molecule has 1 aliphatic heterocycles.